The maximum Gasteiger partial charge on any atom is 0.168 e. The molecular formula is C12H10Br2N2O. The summed E-state index contributed by atoms with van der Waals surface area (Å²) in [4.78, 5) is 17.9. The molecule has 0 aliphatic rings. The largest absolute Gasteiger partial charge is 0.296 e. The van der Waals surface area contributed by atoms with Crippen molar-refractivity contribution >= 4 is 38.1 Å². The van der Waals surface area contributed by atoms with Crippen LogP contribution in [-0.2, 0) is 0 Å². The first-order valence-corrected chi connectivity index (χ1v) is 6.35. The second-order valence-corrected chi connectivity index (χ2v) is 4.97. The Morgan fingerprint density at radius 1 is 1.00 bits per heavy atom. The van der Waals surface area contributed by atoms with Crippen LogP contribution in [0.3, 0.4) is 0 Å². The summed E-state index contributed by atoms with van der Waals surface area (Å²) in [5.74, 6) is 0. The van der Waals surface area contributed by atoms with Gasteiger partial charge < -0.3 is 0 Å². The zero-order chi connectivity index (χ0) is 12.7. The predicted molar refractivity (Wildman–Crippen MR) is 74.0 cm³/mol. The molecule has 17 heavy (non-hydrogen) atoms. The Morgan fingerprint density at radius 3 is 1.94 bits per heavy atom. The first-order valence-electron chi connectivity index (χ1n) is 4.76. The van der Waals surface area contributed by atoms with Crippen molar-refractivity contribution < 1.29 is 4.79 Å². The highest BCUT2D eigenvalue weighted by Crippen LogP contribution is 2.06. The third-order valence-electron chi connectivity index (χ3n) is 1.75. The zero-order valence-electron chi connectivity index (χ0n) is 9.10. The van der Waals surface area contributed by atoms with Gasteiger partial charge in [0, 0.05) is 27.0 Å². The molecule has 0 spiro atoms. The van der Waals surface area contributed by atoms with Gasteiger partial charge in [0.2, 0.25) is 0 Å². The second kappa shape index (κ2) is 7.29. The summed E-state index contributed by atoms with van der Waals surface area (Å²) in [5.41, 5.74) is 1.51. The number of aryl methyl sites for hydroxylation is 1. The van der Waals surface area contributed by atoms with Gasteiger partial charge in [-0.3, -0.25) is 14.8 Å². The Kier molecular flexibility index (Phi) is 6.00. The summed E-state index contributed by atoms with van der Waals surface area (Å²) in [6.45, 7) is 1.96. The summed E-state index contributed by atoms with van der Waals surface area (Å²) >= 11 is 6.48. The first kappa shape index (κ1) is 14.0. The second-order valence-electron chi connectivity index (χ2n) is 3.14. The zero-order valence-corrected chi connectivity index (χ0v) is 12.3. The molecular weight excluding hydrogens is 348 g/mol. The van der Waals surface area contributed by atoms with E-state index in [0.29, 0.717) is 12.0 Å². The van der Waals surface area contributed by atoms with Crippen LogP contribution in [0.2, 0.25) is 0 Å². The highest BCUT2D eigenvalue weighted by atomic mass is 79.9. The summed E-state index contributed by atoms with van der Waals surface area (Å²) in [6, 6.07) is 7.36. The van der Waals surface area contributed by atoms with Crippen LogP contribution >= 0.6 is 31.9 Å². The molecule has 2 heterocycles. The number of carbonyl (C=O) groups excluding carboxylic acids is 1. The van der Waals surface area contributed by atoms with Crippen LogP contribution in [0.25, 0.3) is 0 Å². The molecule has 0 aliphatic heterocycles. The number of aromatic nitrogens is 2. The Labute approximate surface area is 117 Å². The predicted octanol–water partition coefficient (Wildman–Crippen LogP) is 3.81. The lowest BCUT2D eigenvalue weighted by Crippen LogP contribution is -1.82. The minimum absolute atomic E-state index is 0.457. The van der Waals surface area contributed by atoms with Crippen LogP contribution in [0, 0.1) is 6.92 Å². The summed E-state index contributed by atoms with van der Waals surface area (Å²) in [5, 5.41) is 0. The van der Waals surface area contributed by atoms with Crippen molar-refractivity contribution in [2.24, 2.45) is 0 Å². The molecule has 0 saturated carbocycles. The van der Waals surface area contributed by atoms with Gasteiger partial charge in [-0.1, -0.05) is 0 Å². The van der Waals surface area contributed by atoms with E-state index >= 15 is 0 Å². The van der Waals surface area contributed by atoms with E-state index in [4.69, 9.17) is 0 Å². The van der Waals surface area contributed by atoms with E-state index in [2.05, 4.69) is 41.8 Å². The Balaban J connectivity index is 0.000000171. The van der Waals surface area contributed by atoms with Crippen LogP contribution in [-0.4, -0.2) is 16.3 Å². The maximum atomic E-state index is 10.0. The lowest BCUT2D eigenvalue weighted by atomic mass is 10.4. The van der Waals surface area contributed by atoms with Crippen LogP contribution in [0.5, 0.6) is 0 Å². The fourth-order valence-corrected chi connectivity index (χ4v) is 1.38. The van der Waals surface area contributed by atoms with Crippen molar-refractivity contribution in [3.63, 3.8) is 0 Å². The fourth-order valence-electron chi connectivity index (χ4n) is 0.907. The molecule has 0 radical (unpaired) electrons. The smallest absolute Gasteiger partial charge is 0.168 e. The number of carbonyl (C=O) groups is 1. The molecule has 2 aromatic heterocycles. The van der Waals surface area contributed by atoms with Crippen LogP contribution in [0.1, 0.15) is 16.2 Å². The van der Waals surface area contributed by atoms with Gasteiger partial charge in [0.15, 0.2) is 6.29 Å². The van der Waals surface area contributed by atoms with E-state index in [0.717, 1.165) is 14.6 Å². The van der Waals surface area contributed by atoms with Crippen LogP contribution in [0.4, 0.5) is 0 Å². The molecule has 0 atom stereocenters. The number of pyridine rings is 2. The van der Waals surface area contributed by atoms with Gasteiger partial charge in [0.05, 0.1) is 0 Å². The molecule has 0 N–H and O–H groups in total. The third kappa shape index (κ3) is 5.70. The number of halogens is 2. The number of nitrogens with zero attached hydrogens (tertiary/aromatic N) is 2. The highest BCUT2D eigenvalue weighted by molar-refractivity contribution is 9.10. The van der Waals surface area contributed by atoms with Gasteiger partial charge in [-0.2, -0.15) is 0 Å². The maximum absolute atomic E-state index is 10.0. The molecule has 0 aromatic carbocycles. The Morgan fingerprint density at radius 2 is 1.59 bits per heavy atom. The van der Waals surface area contributed by atoms with Crippen LogP contribution in [0.15, 0.2) is 45.6 Å². The van der Waals surface area contributed by atoms with Gasteiger partial charge >= 0.3 is 0 Å². The summed E-state index contributed by atoms with van der Waals surface area (Å²) in [6.07, 6.45) is 4.09. The Hall–Kier alpha value is -1.07. The third-order valence-corrected chi connectivity index (χ3v) is 2.68. The standard InChI is InChI=1S/C6H4BrNO.C6H6BrN/c7-5-1-2-6(4-9)8-3-5;1-5-2-3-6(7)4-8-5/h1-4H;2-4H,1H3. The molecule has 0 saturated heterocycles. The van der Waals surface area contributed by atoms with Gasteiger partial charge in [0.25, 0.3) is 0 Å². The fraction of sp³-hybridized carbons (Fsp3) is 0.0833. The quantitative estimate of drug-likeness (QED) is 0.729. The molecule has 0 unspecified atom stereocenters. The molecule has 0 amide bonds. The Bertz CT molecular complexity index is 448. The summed E-state index contributed by atoms with van der Waals surface area (Å²) in [7, 11) is 0. The van der Waals surface area contributed by atoms with E-state index in [1.807, 2.05) is 19.1 Å². The van der Waals surface area contributed by atoms with Crippen molar-refractivity contribution in [2.75, 3.05) is 0 Å². The molecule has 0 bridgehead atoms. The van der Waals surface area contributed by atoms with Crippen molar-refractivity contribution in [3.8, 4) is 0 Å². The molecule has 5 heteroatoms. The van der Waals surface area contributed by atoms with Crippen molar-refractivity contribution in [1.82, 2.24) is 9.97 Å². The monoisotopic (exact) mass is 356 g/mol. The molecule has 0 fully saturated rings. The van der Waals surface area contributed by atoms with Crippen molar-refractivity contribution in [2.45, 2.75) is 6.92 Å². The van der Waals surface area contributed by atoms with Crippen LogP contribution < -0.4 is 0 Å². The van der Waals surface area contributed by atoms with E-state index < -0.39 is 0 Å². The molecule has 2 rings (SSSR count). The van der Waals surface area contributed by atoms with Crippen molar-refractivity contribution in [3.05, 3.63) is 57.0 Å². The minimum Gasteiger partial charge on any atom is -0.296 e. The van der Waals surface area contributed by atoms with E-state index in [1.165, 1.54) is 0 Å². The molecule has 88 valence electrons. The van der Waals surface area contributed by atoms with Crippen molar-refractivity contribution in [1.29, 1.82) is 0 Å². The number of hydrogen-bond donors (Lipinski definition) is 0. The molecule has 2 aromatic rings. The summed E-state index contributed by atoms with van der Waals surface area (Å²) < 4.78 is 1.91. The SMILES string of the molecule is Cc1ccc(Br)cn1.O=Cc1ccc(Br)cn1. The lowest BCUT2D eigenvalue weighted by molar-refractivity contribution is 0.111. The van der Waals surface area contributed by atoms with E-state index in [9.17, 15) is 4.79 Å². The van der Waals surface area contributed by atoms with Gasteiger partial charge in [-0.25, -0.2) is 0 Å². The van der Waals surface area contributed by atoms with Gasteiger partial charge in [-0.15, -0.1) is 0 Å². The van der Waals surface area contributed by atoms with Gasteiger partial charge in [0.1, 0.15) is 5.69 Å². The molecule has 0 aliphatic carbocycles. The van der Waals surface area contributed by atoms with Gasteiger partial charge in [-0.05, 0) is 63.0 Å². The number of hydrogen-bond acceptors (Lipinski definition) is 3. The first-order chi connectivity index (χ1) is 8.11. The minimum atomic E-state index is 0.457. The van der Waals surface area contributed by atoms with E-state index in [-0.39, 0.29) is 0 Å². The average Bonchev–Trinajstić information content (AvgIpc) is 2.35. The normalized spacial score (nSPS) is 9.12. The molecule has 3 nitrogen and oxygen atoms in total. The average molecular weight is 358 g/mol. The lowest BCUT2D eigenvalue weighted by Gasteiger charge is -1.87. The number of rotatable bonds is 1. The highest BCUT2D eigenvalue weighted by Gasteiger charge is 1.88. The number of aldehydes is 1. The topological polar surface area (TPSA) is 42.9 Å². The van der Waals surface area contributed by atoms with E-state index in [1.54, 1.807) is 24.5 Å².